The van der Waals surface area contributed by atoms with Crippen LogP contribution in [0.25, 0.3) is 22.2 Å². The fraction of sp³-hybridized carbons (Fsp3) is 0.526. The van der Waals surface area contributed by atoms with Gasteiger partial charge in [-0.15, -0.1) is 17.9 Å². The zero-order valence-corrected chi connectivity index (χ0v) is 32.9. The Morgan fingerprint density at radius 3 is 2.48 bits per heavy atom. The van der Waals surface area contributed by atoms with E-state index in [4.69, 9.17) is 19.2 Å². The van der Waals surface area contributed by atoms with Crippen LogP contribution in [0.1, 0.15) is 57.4 Å². The van der Waals surface area contributed by atoms with Crippen LogP contribution in [0.5, 0.6) is 11.6 Å². The quantitative estimate of drug-likeness (QED) is 0.132. The number of benzene rings is 1. The van der Waals surface area contributed by atoms with Crippen molar-refractivity contribution in [1.29, 1.82) is 0 Å². The van der Waals surface area contributed by atoms with Gasteiger partial charge in [0.25, 0.3) is 0 Å². The van der Waals surface area contributed by atoms with E-state index in [0.29, 0.717) is 22.5 Å². The molecule has 2 aromatic heterocycles. The van der Waals surface area contributed by atoms with Crippen molar-refractivity contribution in [3.05, 3.63) is 47.3 Å². The van der Waals surface area contributed by atoms with E-state index in [2.05, 4.69) is 22.2 Å². The minimum Gasteiger partial charge on any atom is -0.486 e. The Kier molecular flexibility index (Phi) is 11.4. The van der Waals surface area contributed by atoms with Gasteiger partial charge in [-0.2, -0.15) is 0 Å². The van der Waals surface area contributed by atoms with Crippen molar-refractivity contribution in [2.45, 2.75) is 89.1 Å². The molecule has 3 amide bonds. The van der Waals surface area contributed by atoms with E-state index in [1.165, 1.54) is 22.3 Å². The van der Waals surface area contributed by atoms with Gasteiger partial charge in [0.15, 0.2) is 0 Å². The molecule has 0 bridgehead atoms. The number of hydrogen-bond donors (Lipinski definition) is 3. The van der Waals surface area contributed by atoms with E-state index in [1.54, 1.807) is 39.3 Å². The predicted octanol–water partition coefficient (Wildman–Crippen LogP) is 5.81. The molecule has 290 valence electrons. The molecule has 1 saturated heterocycles. The maximum Gasteiger partial charge on any atom is 0.408 e. The number of aromatic nitrogens is 2. The summed E-state index contributed by atoms with van der Waals surface area (Å²) in [6, 6.07) is 5.05. The number of nitrogens with zero attached hydrogens (tertiary/aromatic N) is 3. The van der Waals surface area contributed by atoms with Crippen molar-refractivity contribution in [1.82, 2.24) is 25.5 Å². The molecule has 54 heavy (non-hydrogen) atoms. The molecule has 3 aliphatic rings. The van der Waals surface area contributed by atoms with Crippen molar-refractivity contribution >= 4 is 53.1 Å². The molecular weight excluding hydrogens is 733 g/mol. The van der Waals surface area contributed by atoms with E-state index < -0.39 is 60.7 Å². The first-order chi connectivity index (χ1) is 25.6. The van der Waals surface area contributed by atoms with Gasteiger partial charge >= 0.3 is 12.1 Å². The SMILES string of the molecule is C=CC1CC1(NC(=O)C1CC(Oc2nc(-c3csc(C)n3)cc3cc(OCP(C)(C)=O)ccc23)CN1C(=O)C(NC(=O)OC1CCCC1)C(C)C)C(=O)O. The lowest BCUT2D eigenvalue weighted by Gasteiger charge is -2.31. The Hall–Kier alpha value is -4.49. The highest BCUT2D eigenvalue weighted by molar-refractivity contribution is 7.62. The molecule has 14 nitrogen and oxygen atoms in total. The number of carbonyl (C=O) groups is 4. The molecular formula is C38H48N5O9PS. The van der Waals surface area contributed by atoms with E-state index >= 15 is 0 Å². The maximum atomic E-state index is 14.4. The fourth-order valence-corrected chi connectivity index (χ4v) is 8.16. The summed E-state index contributed by atoms with van der Waals surface area (Å²) in [6.07, 6.45) is 3.57. The zero-order chi connectivity index (χ0) is 38.9. The summed E-state index contributed by atoms with van der Waals surface area (Å²) in [6.45, 7) is 12.4. The van der Waals surface area contributed by atoms with Crippen molar-refractivity contribution in [3.63, 3.8) is 0 Å². The zero-order valence-electron chi connectivity index (χ0n) is 31.2. The lowest BCUT2D eigenvalue weighted by Crippen LogP contribution is -2.57. The molecule has 2 aliphatic carbocycles. The van der Waals surface area contributed by atoms with Crippen molar-refractivity contribution < 1.29 is 43.1 Å². The predicted molar refractivity (Wildman–Crippen MR) is 204 cm³/mol. The Balaban J connectivity index is 1.31. The smallest absolute Gasteiger partial charge is 0.408 e. The number of aliphatic carboxylic acids is 1. The summed E-state index contributed by atoms with van der Waals surface area (Å²) in [5, 5.41) is 19.6. The third-order valence-corrected chi connectivity index (χ3v) is 11.7. The average Bonchev–Trinajstić information content (AvgIpc) is 3.50. The summed E-state index contributed by atoms with van der Waals surface area (Å²) < 4.78 is 30.4. The van der Waals surface area contributed by atoms with Gasteiger partial charge in [0.1, 0.15) is 49.1 Å². The van der Waals surface area contributed by atoms with Crippen LogP contribution in [0.2, 0.25) is 0 Å². The molecule has 3 N–H and O–H groups in total. The number of carboxylic acids is 1. The maximum absolute atomic E-state index is 14.4. The minimum atomic E-state index is -2.45. The van der Waals surface area contributed by atoms with Gasteiger partial charge < -0.3 is 39.4 Å². The second kappa shape index (κ2) is 15.7. The third kappa shape index (κ3) is 8.73. The molecule has 16 heteroatoms. The van der Waals surface area contributed by atoms with Crippen LogP contribution in [0.3, 0.4) is 0 Å². The first-order valence-electron chi connectivity index (χ1n) is 18.2. The molecule has 3 fully saturated rings. The number of pyridine rings is 1. The molecule has 5 unspecified atom stereocenters. The Labute approximate surface area is 318 Å². The number of aryl methyl sites for hydroxylation is 1. The minimum absolute atomic E-state index is 0.0239. The Bertz CT molecular complexity index is 1990. The number of amides is 3. The lowest BCUT2D eigenvalue weighted by atomic mass is 10.0. The molecule has 0 radical (unpaired) electrons. The van der Waals surface area contributed by atoms with E-state index in [1.807, 2.05) is 24.4 Å². The van der Waals surface area contributed by atoms with Crippen LogP contribution in [0.4, 0.5) is 4.79 Å². The van der Waals surface area contributed by atoms with Crippen LogP contribution in [-0.2, 0) is 23.7 Å². The number of fused-ring (bicyclic) bond motifs is 1. The van der Waals surface area contributed by atoms with Gasteiger partial charge in [0.2, 0.25) is 17.7 Å². The summed E-state index contributed by atoms with van der Waals surface area (Å²) in [7, 11) is -2.45. The summed E-state index contributed by atoms with van der Waals surface area (Å²) in [5.41, 5.74) is -0.347. The van der Waals surface area contributed by atoms with Crippen LogP contribution in [0.15, 0.2) is 42.3 Å². The summed E-state index contributed by atoms with van der Waals surface area (Å²) in [5.74, 6) is -2.43. The molecule has 6 rings (SSSR count). The van der Waals surface area contributed by atoms with Gasteiger partial charge in [-0.3, -0.25) is 9.59 Å². The van der Waals surface area contributed by atoms with E-state index in [0.717, 1.165) is 36.1 Å². The number of carbonyl (C=O) groups excluding carboxylic acids is 3. The summed E-state index contributed by atoms with van der Waals surface area (Å²) >= 11 is 1.47. The number of carboxylic acid groups (broad SMARTS) is 1. The first-order valence-corrected chi connectivity index (χ1v) is 21.9. The standard InChI is InChI=1S/C38H48N5O9PS/c1-7-24-17-38(24,36(46)47)42-33(44)31-16-27(18-43(31)35(45)32(21(2)3)41-37(48)52-25-10-8-9-11-25)51-34-28-13-12-26(50-20-53(5,6)49)14-23(28)15-29(40-34)30-19-54-22(4)39-30/h7,12-15,19,21,24-25,27,31-32H,1,8-11,16-18,20H2,2-6H3,(H,41,48)(H,42,44)(H,46,47). The fourth-order valence-electron chi connectivity index (χ4n) is 7.09. The van der Waals surface area contributed by atoms with Gasteiger partial charge in [0.05, 0.1) is 22.9 Å². The number of rotatable bonds is 14. The summed E-state index contributed by atoms with van der Waals surface area (Å²) in [4.78, 5) is 64.5. The van der Waals surface area contributed by atoms with Crippen LogP contribution < -0.4 is 20.1 Å². The third-order valence-electron chi connectivity index (χ3n) is 10.1. The molecule has 1 aliphatic heterocycles. The number of thiazole rings is 1. The second-order valence-electron chi connectivity index (χ2n) is 15.3. The van der Waals surface area contributed by atoms with Crippen molar-refractivity contribution in [2.24, 2.45) is 11.8 Å². The molecule has 1 aromatic carbocycles. The highest BCUT2D eigenvalue weighted by Gasteiger charge is 2.61. The number of ether oxygens (including phenoxy) is 3. The number of likely N-dealkylation sites (tertiary alicyclic amines) is 1. The normalized spacial score (nSPS) is 23.2. The van der Waals surface area contributed by atoms with Crippen LogP contribution >= 0.6 is 18.5 Å². The van der Waals surface area contributed by atoms with Gasteiger partial charge in [-0.05, 0) is 87.9 Å². The first kappa shape index (κ1) is 39.2. The van der Waals surface area contributed by atoms with E-state index in [-0.39, 0.29) is 43.6 Å². The van der Waals surface area contributed by atoms with Crippen LogP contribution in [-0.4, -0.2) is 99.9 Å². The highest BCUT2D eigenvalue weighted by atomic mass is 32.1. The number of hydrogen-bond acceptors (Lipinski definition) is 11. The Morgan fingerprint density at radius 1 is 1.13 bits per heavy atom. The lowest BCUT2D eigenvalue weighted by molar-refractivity contribution is -0.145. The monoisotopic (exact) mass is 781 g/mol. The molecule has 3 heterocycles. The van der Waals surface area contributed by atoms with Gasteiger partial charge in [-0.1, -0.05) is 19.9 Å². The topological polar surface area (TPSA) is 186 Å². The van der Waals surface area contributed by atoms with E-state index in [9.17, 15) is 28.8 Å². The molecule has 2 saturated carbocycles. The highest BCUT2D eigenvalue weighted by Crippen LogP contribution is 2.45. The molecule has 3 aromatic rings. The second-order valence-corrected chi connectivity index (χ2v) is 19.7. The van der Waals surface area contributed by atoms with Crippen LogP contribution in [0, 0.1) is 18.8 Å². The molecule has 0 spiro atoms. The molecule has 5 atom stereocenters. The number of alkyl carbamates (subject to hydrolysis) is 1. The number of nitrogens with one attached hydrogen (secondary N) is 2. The van der Waals surface area contributed by atoms with Gasteiger partial charge in [-0.25, -0.2) is 19.6 Å². The van der Waals surface area contributed by atoms with Crippen molar-refractivity contribution in [3.8, 4) is 23.0 Å². The average molecular weight is 782 g/mol. The Morgan fingerprint density at radius 2 is 1.87 bits per heavy atom. The largest absolute Gasteiger partial charge is 0.486 e. The van der Waals surface area contributed by atoms with Gasteiger partial charge in [0, 0.05) is 23.1 Å². The van der Waals surface area contributed by atoms with Crippen molar-refractivity contribution in [2.75, 3.05) is 26.2 Å².